The first-order valence-electron chi connectivity index (χ1n) is 1.75. The van der Waals surface area contributed by atoms with Crippen molar-refractivity contribution in [3.63, 3.8) is 0 Å². The van der Waals surface area contributed by atoms with E-state index >= 15 is 0 Å². The van der Waals surface area contributed by atoms with Crippen LogP contribution in [0.3, 0.4) is 0 Å². The van der Waals surface area contributed by atoms with E-state index in [0.29, 0.717) is 0 Å². The lowest BCUT2D eigenvalue weighted by molar-refractivity contribution is 4.43. The Bertz CT molecular complexity index is 229. The molecule has 0 saturated carbocycles. The van der Waals surface area contributed by atoms with E-state index in [1.165, 1.54) is 30.8 Å². The van der Waals surface area contributed by atoms with E-state index in [1.54, 1.807) is 0 Å². The Balaban J connectivity index is 5.06. The second-order valence-electron chi connectivity index (χ2n) is 0.750. The topological polar surface area (TPSA) is 0 Å². The van der Waals surface area contributed by atoms with Crippen LogP contribution >= 0.6 is 0 Å². The number of rotatable bonds is 0. The molecule has 0 rings (SSSR count). The highest BCUT2D eigenvalue weighted by Gasteiger charge is 1.32. The van der Waals surface area contributed by atoms with Crippen molar-refractivity contribution in [2.24, 2.45) is 0 Å². The fourth-order valence-corrected chi connectivity index (χ4v) is 30.4. The molecule has 8 heteroatoms. The average Bonchev–Trinajstić information content (AvgIpc) is 1.81. The summed E-state index contributed by atoms with van der Waals surface area (Å²) >= 11 is 0. The maximum atomic E-state index is 3.49. The average molecular weight is 225 g/mol. The molecule has 0 aromatic heterocycles. The smallest absolute Gasteiger partial charge is 0.0483 e. The predicted octanol–water partition coefficient (Wildman–Crippen LogP) is -3.05. The van der Waals surface area contributed by atoms with Crippen LogP contribution in [0.15, 0.2) is 0 Å². The van der Waals surface area contributed by atoms with Gasteiger partial charge in [0.2, 0.25) is 0 Å². The van der Waals surface area contributed by atoms with Crippen LogP contribution < -0.4 is 0 Å². The molecule has 0 aliphatic rings. The van der Waals surface area contributed by atoms with E-state index in [9.17, 15) is 0 Å². The summed E-state index contributed by atoms with van der Waals surface area (Å²) in [5, 5.41) is 0. The lowest BCUT2D eigenvalue weighted by Crippen LogP contribution is -1.71. The fraction of sp³-hybridized carbons (Fsp3) is 0. The SMILES string of the molecule is [Si]=[Si]=[Si]=[Si]=[Si]=[Si]=[Si]=[Si]. The minimum absolute atomic E-state index is 1.01. The molecule has 0 atom stereocenters. The van der Waals surface area contributed by atoms with E-state index < -0.39 is 0 Å². The molecule has 0 heterocycles. The predicted molar refractivity (Wildman–Crippen MR) is 46.0 cm³/mol. The van der Waals surface area contributed by atoms with Gasteiger partial charge in [0.15, 0.2) is 0 Å². The summed E-state index contributed by atoms with van der Waals surface area (Å²) in [4.78, 5) is 0. The second kappa shape index (κ2) is 8.74. The van der Waals surface area contributed by atoms with Gasteiger partial charge in [0, 0.05) is 0 Å². The van der Waals surface area contributed by atoms with Crippen LogP contribution in [-0.4, -0.2) is 64.9 Å². The zero-order chi connectivity index (χ0) is 6.24. The van der Waals surface area contributed by atoms with Gasteiger partial charge < -0.3 is 0 Å². The molecule has 8 heavy (non-hydrogen) atoms. The van der Waals surface area contributed by atoms with Crippen LogP contribution in [0, 0.1) is 0 Å². The summed E-state index contributed by atoms with van der Waals surface area (Å²) < 4.78 is 0. The highest BCUT2D eigenvalue weighted by Crippen LogP contribution is 0.952. The van der Waals surface area contributed by atoms with Crippen molar-refractivity contribution in [3.8, 4) is 0 Å². The molecular formula is Si8. The summed E-state index contributed by atoms with van der Waals surface area (Å²) in [6, 6.07) is 0. The van der Waals surface area contributed by atoms with E-state index in [2.05, 4.69) is 18.7 Å². The Hall–Kier alpha value is 1.74. The maximum absolute atomic E-state index is 3.49. The third-order valence-electron chi connectivity index (χ3n) is 0.312. The number of hydrogen-bond acceptors (Lipinski definition) is 0. The third-order valence-corrected chi connectivity index (χ3v) is 25.3. The molecule has 0 saturated heterocycles. The Labute approximate surface area is 64.7 Å². The Morgan fingerprint density at radius 3 is 1.25 bits per heavy atom. The van der Waals surface area contributed by atoms with Gasteiger partial charge >= 0.3 is 0 Å². The first-order chi connectivity index (χ1) is 3.91. The Morgan fingerprint density at radius 1 is 0.625 bits per heavy atom. The van der Waals surface area contributed by atoms with E-state index in [1.807, 2.05) is 0 Å². The molecule has 0 aliphatic heterocycles. The quantitative estimate of drug-likeness (QED) is 0.384. The first-order valence-corrected chi connectivity index (χ1v) is 15.8. The monoisotopic (exact) mass is 224 g/mol. The molecule has 4 radical (unpaired) electrons. The molecule has 0 amide bonds. The Kier molecular flexibility index (Phi) is 10.6. The van der Waals surface area contributed by atoms with Gasteiger partial charge in [0.1, 0.15) is 0 Å². The van der Waals surface area contributed by atoms with Crippen LogP contribution in [-0.2, 0) is 0 Å². The zero-order valence-electron chi connectivity index (χ0n) is 4.00. The van der Waals surface area contributed by atoms with Crippen molar-refractivity contribution >= 4 is 64.9 Å². The van der Waals surface area contributed by atoms with Crippen molar-refractivity contribution in [1.82, 2.24) is 0 Å². The van der Waals surface area contributed by atoms with Gasteiger partial charge in [0.05, 0.1) is 18.7 Å². The van der Waals surface area contributed by atoms with Crippen molar-refractivity contribution in [2.75, 3.05) is 0 Å². The van der Waals surface area contributed by atoms with Crippen LogP contribution in [0.4, 0.5) is 0 Å². The minimum atomic E-state index is 1.01. The largest absolute Gasteiger partial charge is 0.0569 e. The summed E-state index contributed by atoms with van der Waals surface area (Å²) in [5.74, 6) is 0. The number of hydrogen-bond donors (Lipinski definition) is 0. The summed E-state index contributed by atoms with van der Waals surface area (Å²) in [6.45, 7) is 0. The second-order valence-corrected chi connectivity index (χ2v) is 20.2. The normalized spacial score (nSPS) is 3.50. The molecule has 0 unspecified atom stereocenters. The molecule has 0 aliphatic carbocycles. The third kappa shape index (κ3) is 7.74. The zero-order valence-corrected chi connectivity index (χ0v) is 12.0. The highest BCUT2D eigenvalue weighted by molar-refractivity contribution is 7.09. The van der Waals surface area contributed by atoms with Crippen LogP contribution in [0.1, 0.15) is 0 Å². The van der Waals surface area contributed by atoms with E-state index in [0.717, 1.165) is 15.4 Å². The fourth-order valence-electron chi connectivity index (χ4n) is 0.125. The van der Waals surface area contributed by atoms with Crippen molar-refractivity contribution in [1.29, 1.82) is 0 Å². The standard InChI is InChI=1S/Si8/c1-3-5-7-8-6-4-2. The summed E-state index contributed by atoms with van der Waals surface area (Å²) in [7, 11) is 13.9. The minimum Gasteiger partial charge on any atom is -0.0483 e. The molecule has 0 aromatic carbocycles. The van der Waals surface area contributed by atoms with Gasteiger partial charge in [-0.25, -0.2) is 0 Å². The van der Waals surface area contributed by atoms with Gasteiger partial charge in [-0.3, -0.25) is 0 Å². The molecular weight excluding hydrogens is 225 g/mol. The van der Waals surface area contributed by atoms with Crippen molar-refractivity contribution in [2.45, 2.75) is 0 Å². The van der Waals surface area contributed by atoms with Gasteiger partial charge in [0.25, 0.3) is 0 Å². The lowest BCUT2D eigenvalue weighted by atomic mass is 26.8. The summed E-state index contributed by atoms with van der Waals surface area (Å²) in [6.07, 6.45) is 0. The van der Waals surface area contributed by atoms with E-state index in [-0.39, 0.29) is 0 Å². The van der Waals surface area contributed by atoms with Crippen LogP contribution in [0.25, 0.3) is 0 Å². The van der Waals surface area contributed by atoms with Gasteiger partial charge in [-0.05, 0) is 46.2 Å². The molecule has 0 aromatic rings. The van der Waals surface area contributed by atoms with Crippen LogP contribution in [0.5, 0.6) is 0 Å². The van der Waals surface area contributed by atoms with E-state index in [4.69, 9.17) is 0 Å². The summed E-state index contributed by atoms with van der Waals surface area (Å²) in [5.41, 5.74) is 0. The first kappa shape index (κ1) is 9.74. The van der Waals surface area contributed by atoms with Gasteiger partial charge in [-0.1, -0.05) is 0 Å². The molecule has 32 valence electrons. The molecule has 0 N–H and O–H groups in total. The van der Waals surface area contributed by atoms with Crippen molar-refractivity contribution in [3.05, 3.63) is 0 Å². The molecule has 0 fully saturated rings. The van der Waals surface area contributed by atoms with Gasteiger partial charge in [-0.15, -0.1) is 0 Å². The lowest BCUT2D eigenvalue weighted by Gasteiger charge is -1.34. The molecule has 0 nitrogen and oxygen atoms in total. The Morgan fingerprint density at radius 2 is 1.00 bits per heavy atom. The molecule has 0 bridgehead atoms. The van der Waals surface area contributed by atoms with Crippen molar-refractivity contribution < 1.29 is 0 Å². The van der Waals surface area contributed by atoms with Crippen LogP contribution in [0.2, 0.25) is 0 Å². The highest BCUT2D eigenvalue weighted by atomic mass is 29.4. The maximum Gasteiger partial charge on any atom is 0.0569 e. The van der Waals surface area contributed by atoms with Gasteiger partial charge in [-0.2, -0.15) is 0 Å². The molecule has 0 spiro atoms.